The Hall–Kier alpha value is -3.40. The Labute approximate surface area is 205 Å². The minimum atomic E-state index is 1.30. The maximum Gasteiger partial charge on any atom is 0.222 e. The van der Waals surface area contributed by atoms with Gasteiger partial charge in [0.2, 0.25) is 5.69 Å². The fourth-order valence-corrected chi connectivity index (χ4v) is 8.40. The molecule has 0 fully saturated rings. The van der Waals surface area contributed by atoms with Gasteiger partial charge in [-0.3, -0.25) is 0 Å². The zero-order valence-electron chi connectivity index (χ0n) is 18.8. The number of pyridine rings is 1. The number of thiophene rings is 1. The molecule has 3 heterocycles. The Kier molecular flexibility index (Phi) is 3.68. The van der Waals surface area contributed by atoms with Gasteiger partial charge in [0, 0.05) is 41.4 Å². The summed E-state index contributed by atoms with van der Waals surface area (Å²) < 4.78 is 5.09. The molecule has 2 aromatic heterocycles. The Morgan fingerprint density at radius 2 is 1.47 bits per heavy atom. The molecule has 34 heavy (non-hydrogen) atoms. The highest BCUT2D eigenvalue weighted by molar-refractivity contribution is 7.99. The van der Waals surface area contributed by atoms with E-state index >= 15 is 0 Å². The van der Waals surface area contributed by atoms with Gasteiger partial charge in [0.25, 0.3) is 0 Å². The van der Waals surface area contributed by atoms with Crippen molar-refractivity contribution < 1.29 is 4.57 Å². The van der Waals surface area contributed by atoms with E-state index in [2.05, 4.69) is 104 Å². The first-order valence-electron chi connectivity index (χ1n) is 11.6. The minimum Gasteiger partial charge on any atom is -0.200 e. The van der Waals surface area contributed by atoms with Gasteiger partial charge < -0.3 is 0 Å². The van der Waals surface area contributed by atoms with Crippen molar-refractivity contribution in [1.82, 2.24) is 0 Å². The fraction of sp³-hybridized carbons (Fsp3) is 0.0645. The number of rotatable bonds is 0. The zero-order valence-corrected chi connectivity index (χ0v) is 20.5. The summed E-state index contributed by atoms with van der Waals surface area (Å²) >= 11 is 3.86. The lowest BCUT2D eigenvalue weighted by Crippen LogP contribution is -2.31. The zero-order chi connectivity index (χ0) is 22.6. The topological polar surface area (TPSA) is 3.88 Å². The largest absolute Gasteiger partial charge is 0.222 e. The van der Waals surface area contributed by atoms with Gasteiger partial charge in [0.1, 0.15) is 7.05 Å². The standard InChI is InChI=1S/C31H20NS2/c1-17-27-19(12-11-18-7-3-4-8-20(18)27)15-25-28(17)30-29-22(13-14-32(30)2)31-23(16-26(29)33-25)21-9-5-6-10-24(21)34-31/h3-16H,1-2H3/q+1. The highest BCUT2D eigenvalue weighted by Crippen LogP contribution is 2.53. The highest BCUT2D eigenvalue weighted by Gasteiger charge is 2.30. The van der Waals surface area contributed by atoms with Crippen LogP contribution in [0.3, 0.4) is 0 Å². The molecule has 1 nitrogen and oxygen atoms in total. The van der Waals surface area contributed by atoms with Crippen molar-refractivity contribution in [3.8, 4) is 11.3 Å². The average molecular weight is 471 g/mol. The van der Waals surface area contributed by atoms with Gasteiger partial charge >= 0.3 is 0 Å². The quantitative estimate of drug-likeness (QED) is 0.158. The molecule has 0 aliphatic carbocycles. The van der Waals surface area contributed by atoms with Gasteiger partial charge in [-0.05, 0) is 52.2 Å². The van der Waals surface area contributed by atoms with Crippen molar-refractivity contribution in [2.24, 2.45) is 7.05 Å². The van der Waals surface area contributed by atoms with Crippen molar-refractivity contribution in [3.63, 3.8) is 0 Å². The van der Waals surface area contributed by atoms with Crippen molar-refractivity contribution in [1.29, 1.82) is 0 Å². The number of benzene rings is 5. The van der Waals surface area contributed by atoms with Crippen LogP contribution < -0.4 is 4.57 Å². The average Bonchev–Trinajstić information content (AvgIpc) is 3.23. The highest BCUT2D eigenvalue weighted by atomic mass is 32.2. The Balaban J connectivity index is 1.57. The molecule has 0 N–H and O–H groups in total. The number of aromatic nitrogens is 1. The number of fused-ring (bicyclic) bond motifs is 9. The second-order valence-electron chi connectivity index (χ2n) is 9.28. The summed E-state index contributed by atoms with van der Waals surface area (Å²) in [6.07, 6.45) is 2.25. The monoisotopic (exact) mass is 470 g/mol. The molecule has 0 bridgehead atoms. The number of hydrogen-bond acceptors (Lipinski definition) is 2. The van der Waals surface area contributed by atoms with Crippen LogP contribution in [0.4, 0.5) is 0 Å². The van der Waals surface area contributed by atoms with Gasteiger partial charge in [-0.1, -0.05) is 66.4 Å². The van der Waals surface area contributed by atoms with E-state index in [1.54, 1.807) is 0 Å². The molecule has 3 heteroatoms. The SMILES string of the molecule is Cc1c2c(cc3ccc4ccccc4c13)Sc1cc3c4ccccc4sc3c3cc[n+](C)c-2c13. The van der Waals surface area contributed by atoms with Crippen LogP contribution in [0.1, 0.15) is 5.56 Å². The first-order valence-corrected chi connectivity index (χ1v) is 13.2. The molecule has 0 saturated heterocycles. The van der Waals surface area contributed by atoms with E-state index in [-0.39, 0.29) is 0 Å². The van der Waals surface area contributed by atoms with Crippen LogP contribution in [-0.4, -0.2) is 0 Å². The van der Waals surface area contributed by atoms with E-state index in [0.29, 0.717) is 0 Å². The molecule has 8 rings (SSSR count). The van der Waals surface area contributed by atoms with Crippen LogP contribution in [0.15, 0.2) is 94.9 Å². The second kappa shape index (κ2) is 6.59. The Bertz CT molecular complexity index is 2010. The molecule has 1 aliphatic heterocycles. The molecule has 0 saturated carbocycles. The Morgan fingerprint density at radius 3 is 2.38 bits per heavy atom. The van der Waals surface area contributed by atoms with Gasteiger partial charge in [-0.25, -0.2) is 4.57 Å². The molecule has 5 aromatic carbocycles. The summed E-state index contributed by atoms with van der Waals surface area (Å²) in [5.74, 6) is 0. The van der Waals surface area contributed by atoms with Crippen LogP contribution in [-0.2, 0) is 7.05 Å². The fourth-order valence-electron chi connectivity index (χ4n) is 5.92. The van der Waals surface area contributed by atoms with E-state index in [1.165, 1.54) is 79.1 Å². The van der Waals surface area contributed by atoms with Crippen LogP contribution >= 0.6 is 23.1 Å². The third-order valence-corrected chi connectivity index (χ3v) is 9.73. The second-order valence-corrected chi connectivity index (χ2v) is 11.4. The molecule has 1 aliphatic rings. The van der Waals surface area contributed by atoms with E-state index in [1.807, 2.05) is 23.1 Å². The van der Waals surface area contributed by atoms with Crippen molar-refractivity contribution >= 4 is 75.6 Å². The van der Waals surface area contributed by atoms with E-state index in [0.717, 1.165) is 0 Å². The van der Waals surface area contributed by atoms with Gasteiger partial charge in [-0.15, -0.1) is 11.3 Å². The summed E-state index contributed by atoms with van der Waals surface area (Å²) in [5, 5.41) is 10.8. The third-order valence-electron chi connectivity index (χ3n) is 7.42. The predicted octanol–water partition coefficient (Wildman–Crippen LogP) is 8.78. The predicted molar refractivity (Wildman–Crippen MR) is 147 cm³/mol. The van der Waals surface area contributed by atoms with E-state index in [4.69, 9.17) is 0 Å². The lowest BCUT2D eigenvalue weighted by atomic mass is 9.91. The maximum atomic E-state index is 2.44. The molecular formula is C31H20NS2+. The Morgan fingerprint density at radius 1 is 0.676 bits per heavy atom. The molecule has 0 spiro atoms. The normalized spacial score (nSPS) is 12.9. The summed E-state index contributed by atoms with van der Waals surface area (Å²) in [7, 11) is 2.19. The van der Waals surface area contributed by atoms with E-state index < -0.39 is 0 Å². The summed E-state index contributed by atoms with van der Waals surface area (Å²) in [5.41, 5.74) is 4.10. The molecule has 7 aromatic rings. The van der Waals surface area contributed by atoms with Crippen molar-refractivity contribution in [2.45, 2.75) is 16.7 Å². The van der Waals surface area contributed by atoms with Crippen molar-refractivity contribution in [3.05, 3.63) is 90.6 Å². The smallest absolute Gasteiger partial charge is 0.200 e. The van der Waals surface area contributed by atoms with E-state index in [9.17, 15) is 0 Å². The minimum absolute atomic E-state index is 1.30. The number of aryl methyl sites for hydroxylation is 2. The van der Waals surface area contributed by atoms with Crippen LogP contribution in [0, 0.1) is 6.92 Å². The molecule has 0 radical (unpaired) electrons. The summed E-state index contributed by atoms with van der Waals surface area (Å²) in [6.45, 7) is 2.32. The lowest BCUT2D eigenvalue weighted by molar-refractivity contribution is -0.659. The molecule has 0 amide bonds. The lowest BCUT2D eigenvalue weighted by Gasteiger charge is -2.22. The summed E-state index contributed by atoms with van der Waals surface area (Å²) in [4.78, 5) is 2.72. The van der Waals surface area contributed by atoms with Gasteiger partial charge in [-0.2, -0.15) is 0 Å². The molecular weight excluding hydrogens is 450 g/mol. The van der Waals surface area contributed by atoms with Crippen molar-refractivity contribution in [2.75, 3.05) is 0 Å². The first-order chi connectivity index (χ1) is 16.7. The third kappa shape index (κ3) is 2.33. The van der Waals surface area contributed by atoms with Crippen LogP contribution in [0.2, 0.25) is 0 Å². The van der Waals surface area contributed by atoms with Crippen LogP contribution in [0.25, 0.3) is 63.7 Å². The number of nitrogens with zero attached hydrogens (tertiary/aromatic N) is 1. The maximum absolute atomic E-state index is 2.44. The molecule has 160 valence electrons. The summed E-state index contributed by atoms with van der Waals surface area (Å²) in [6, 6.07) is 29.3. The van der Waals surface area contributed by atoms with Gasteiger partial charge in [0.05, 0.1) is 10.9 Å². The van der Waals surface area contributed by atoms with Gasteiger partial charge in [0.15, 0.2) is 6.20 Å². The molecule has 0 atom stereocenters. The van der Waals surface area contributed by atoms with Crippen LogP contribution in [0.5, 0.6) is 0 Å². The first kappa shape index (κ1) is 19.0. The molecule has 0 unspecified atom stereocenters. The number of hydrogen-bond donors (Lipinski definition) is 0.